The fraction of sp³-hybridized carbons (Fsp3) is 0.258. The Morgan fingerprint density at radius 1 is 0.944 bits per heavy atom. The maximum atomic E-state index is 12.7. The maximum Gasteiger partial charge on any atom is 0.228 e. The Labute approximate surface area is 213 Å². The van der Waals surface area contributed by atoms with Crippen molar-refractivity contribution >= 4 is 16.8 Å². The van der Waals surface area contributed by atoms with E-state index in [1.807, 2.05) is 42.6 Å². The summed E-state index contributed by atoms with van der Waals surface area (Å²) < 4.78 is 0. The van der Waals surface area contributed by atoms with Gasteiger partial charge in [-0.05, 0) is 52.3 Å². The summed E-state index contributed by atoms with van der Waals surface area (Å²) in [5, 5.41) is 16.3. The molecule has 2 N–H and O–H groups in total. The predicted molar refractivity (Wildman–Crippen MR) is 145 cm³/mol. The molecule has 5 heteroatoms. The molecule has 0 radical (unpaired) electrons. The summed E-state index contributed by atoms with van der Waals surface area (Å²) in [5.74, 6) is 0.000233. The molecule has 182 valence electrons. The molecule has 1 aromatic heterocycles. The van der Waals surface area contributed by atoms with E-state index in [0.717, 1.165) is 41.7 Å². The number of nitrogens with one attached hydrogen (secondary N) is 2. The first kappa shape index (κ1) is 25.1. The molecular weight excluding hydrogens is 444 g/mol. The first-order valence-electron chi connectivity index (χ1n) is 12.4. The Hall–Kier alpha value is -4.01. The number of benzene rings is 3. The van der Waals surface area contributed by atoms with E-state index in [1.54, 1.807) is 0 Å². The van der Waals surface area contributed by atoms with Crippen molar-refractivity contribution in [2.75, 3.05) is 6.54 Å². The first-order chi connectivity index (χ1) is 17.5. The molecule has 0 unspecified atom stereocenters. The third-order valence-electron chi connectivity index (χ3n) is 6.33. The van der Waals surface area contributed by atoms with Gasteiger partial charge in [0.1, 0.15) is 6.54 Å². The summed E-state index contributed by atoms with van der Waals surface area (Å²) in [4.78, 5) is 17.2. The van der Waals surface area contributed by atoms with Crippen molar-refractivity contribution in [3.63, 3.8) is 0 Å². The molecule has 1 atom stereocenters. The molecule has 4 rings (SSSR count). The van der Waals surface area contributed by atoms with Crippen molar-refractivity contribution < 1.29 is 4.79 Å². The zero-order valence-corrected chi connectivity index (χ0v) is 20.9. The van der Waals surface area contributed by atoms with E-state index in [-0.39, 0.29) is 18.4 Å². The molecule has 5 nitrogen and oxygen atoms in total. The fourth-order valence-electron chi connectivity index (χ4n) is 4.52. The van der Waals surface area contributed by atoms with E-state index in [4.69, 9.17) is 5.26 Å². The average molecular weight is 477 g/mol. The van der Waals surface area contributed by atoms with Gasteiger partial charge >= 0.3 is 0 Å². The van der Waals surface area contributed by atoms with Crippen LogP contribution in [0.15, 0.2) is 85.1 Å². The Bertz CT molecular complexity index is 1350. The number of aromatic nitrogens is 1. The molecule has 1 amide bonds. The highest BCUT2D eigenvalue weighted by Gasteiger charge is 2.22. The number of fused-ring (bicyclic) bond motifs is 1. The van der Waals surface area contributed by atoms with Crippen LogP contribution in [0.3, 0.4) is 0 Å². The Balaban J connectivity index is 1.43. The summed E-state index contributed by atoms with van der Waals surface area (Å²) in [6.45, 7) is 5.79. The smallest absolute Gasteiger partial charge is 0.228 e. The number of pyridine rings is 1. The standard InChI is InChI=1S/C31H32N4O/c1-22(2)18-29(31(36)35-17-15-32)26-7-5-6-25(19-26)24-12-10-23(11-13-24)20-33-21-27-14-16-34-30-9-4-3-8-28(27)30/h3-14,16,19,22,29,33H,17-18,20-21H2,1-2H3,(H,35,36)/t29-/m1/s1. The largest absolute Gasteiger partial charge is 0.342 e. The van der Waals surface area contributed by atoms with Gasteiger partial charge in [-0.25, -0.2) is 0 Å². The van der Waals surface area contributed by atoms with Crippen LogP contribution in [-0.2, 0) is 17.9 Å². The van der Waals surface area contributed by atoms with E-state index < -0.39 is 0 Å². The van der Waals surface area contributed by atoms with Gasteiger partial charge in [0, 0.05) is 24.7 Å². The van der Waals surface area contributed by atoms with Crippen LogP contribution in [0.4, 0.5) is 0 Å². The molecule has 0 saturated heterocycles. The van der Waals surface area contributed by atoms with Crippen LogP contribution < -0.4 is 10.6 Å². The zero-order valence-electron chi connectivity index (χ0n) is 20.9. The minimum Gasteiger partial charge on any atom is -0.342 e. The van der Waals surface area contributed by atoms with Crippen molar-refractivity contribution in [1.82, 2.24) is 15.6 Å². The van der Waals surface area contributed by atoms with Crippen molar-refractivity contribution in [2.24, 2.45) is 5.92 Å². The number of nitriles is 1. The molecule has 0 saturated carbocycles. The Morgan fingerprint density at radius 2 is 1.75 bits per heavy atom. The van der Waals surface area contributed by atoms with Crippen LogP contribution in [0, 0.1) is 17.2 Å². The number of para-hydroxylation sites is 1. The quantitative estimate of drug-likeness (QED) is 0.277. The third kappa shape index (κ3) is 6.35. The van der Waals surface area contributed by atoms with Crippen LogP contribution in [0.1, 0.15) is 42.9 Å². The minimum absolute atomic E-state index is 0.0278. The van der Waals surface area contributed by atoms with Crippen LogP contribution in [-0.4, -0.2) is 17.4 Å². The van der Waals surface area contributed by atoms with Gasteiger partial charge in [0.05, 0.1) is 17.5 Å². The lowest BCUT2D eigenvalue weighted by molar-refractivity contribution is -0.122. The summed E-state index contributed by atoms with van der Waals surface area (Å²) in [5.41, 5.74) is 6.64. The SMILES string of the molecule is CC(C)C[C@@H](C(=O)NCC#N)c1cccc(-c2ccc(CNCc3ccnc4ccccc34)cc2)c1. The van der Waals surface area contributed by atoms with Crippen LogP contribution >= 0.6 is 0 Å². The number of hydrogen-bond acceptors (Lipinski definition) is 4. The molecule has 0 aliphatic rings. The number of carbonyl (C=O) groups is 1. The highest BCUT2D eigenvalue weighted by molar-refractivity contribution is 5.84. The Morgan fingerprint density at radius 3 is 2.53 bits per heavy atom. The summed E-state index contributed by atoms with van der Waals surface area (Å²) in [7, 11) is 0. The van der Waals surface area contributed by atoms with Crippen molar-refractivity contribution in [2.45, 2.75) is 39.3 Å². The summed E-state index contributed by atoms with van der Waals surface area (Å²) >= 11 is 0. The van der Waals surface area contributed by atoms with Gasteiger partial charge in [0.25, 0.3) is 0 Å². The maximum absolute atomic E-state index is 12.7. The first-order valence-corrected chi connectivity index (χ1v) is 12.4. The number of rotatable bonds is 10. The van der Waals surface area contributed by atoms with Crippen molar-refractivity contribution in [1.29, 1.82) is 5.26 Å². The molecule has 3 aromatic carbocycles. The van der Waals surface area contributed by atoms with Crippen LogP contribution in [0.5, 0.6) is 0 Å². The molecular formula is C31H32N4O. The molecule has 0 spiro atoms. The summed E-state index contributed by atoms with van der Waals surface area (Å²) in [6, 6.07) is 29.0. The monoisotopic (exact) mass is 476 g/mol. The molecule has 0 aliphatic heterocycles. The van der Waals surface area contributed by atoms with Crippen molar-refractivity contribution in [3.05, 3.63) is 102 Å². The molecule has 0 bridgehead atoms. The van der Waals surface area contributed by atoms with Gasteiger partial charge in [0.15, 0.2) is 0 Å². The number of amides is 1. The average Bonchev–Trinajstić information content (AvgIpc) is 2.91. The highest BCUT2D eigenvalue weighted by Crippen LogP contribution is 2.29. The fourth-order valence-corrected chi connectivity index (χ4v) is 4.52. The van der Waals surface area contributed by atoms with E-state index >= 15 is 0 Å². The van der Waals surface area contributed by atoms with Crippen LogP contribution in [0.2, 0.25) is 0 Å². The van der Waals surface area contributed by atoms with E-state index in [2.05, 4.69) is 78.0 Å². The lowest BCUT2D eigenvalue weighted by Gasteiger charge is -2.19. The second-order valence-corrected chi connectivity index (χ2v) is 9.47. The van der Waals surface area contributed by atoms with Gasteiger partial charge in [-0.1, -0.05) is 80.6 Å². The number of carbonyl (C=O) groups excluding carboxylic acids is 1. The summed E-state index contributed by atoms with van der Waals surface area (Å²) in [6.07, 6.45) is 2.60. The van der Waals surface area contributed by atoms with Gasteiger partial charge in [-0.15, -0.1) is 0 Å². The number of nitrogens with zero attached hydrogens (tertiary/aromatic N) is 2. The van der Waals surface area contributed by atoms with Gasteiger partial charge < -0.3 is 10.6 Å². The second kappa shape index (κ2) is 12.1. The van der Waals surface area contributed by atoms with Crippen LogP contribution in [0.25, 0.3) is 22.0 Å². The lowest BCUT2D eigenvalue weighted by atomic mass is 9.88. The molecule has 0 aliphatic carbocycles. The molecule has 36 heavy (non-hydrogen) atoms. The topological polar surface area (TPSA) is 77.8 Å². The predicted octanol–water partition coefficient (Wildman–Crippen LogP) is 5.96. The molecule has 0 fully saturated rings. The Kier molecular flexibility index (Phi) is 8.44. The highest BCUT2D eigenvalue weighted by atomic mass is 16.1. The van der Waals surface area contributed by atoms with Crippen molar-refractivity contribution in [3.8, 4) is 17.2 Å². The molecule has 4 aromatic rings. The van der Waals surface area contributed by atoms with E-state index in [9.17, 15) is 4.79 Å². The van der Waals surface area contributed by atoms with Gasteiger partial charge in [-0.3, -0.25) is 9.78 Å². The van der Waals surface area contributed by atoms with Gasteiger partial charge in [0.2, 0.25) is 5.91 Å². The second-order valence-electron chi connectivity index (χ2n) is 9.47. The molecule has 1 heterocycles. The van der Waals surface area contributed by atoms with E-state index in [0.29, 0.717) is 5.92 Å². The lowest BCUT2D eigenvalue weighted by Crippen LogP contribution is -2.30. The normalized spacial score (nSPS) is 11.8. The zero-order chi connectivity index (χ0) is 25.3. The third-order valence-corrected chi connectivity index (χ3v) is 6.33. The minimum atomic E-state index is -0.272. The van der Waals surface area contributed by atoms with E-state index in [1.165, 1.54) is 16.5 Å². The van der Waals surface area contributed by atoms with Gasteiger partial charge in [-0.2, -0.15) is 5.26 Å². The number of hydrogen-bond donors (Lipinski definition) is 2.